The Morgan fingerprint density at radius 1 is 1.50 bits per heavy atom. The van der Waals surface area contributed by atoms with Gasteiger partial charge in [0, 0.05) is 29.1 Å². The molecule has 5 heteroatoms. The van der Waals surface area contributed by atoms with Crippen LogP contribution in [-0.2, 0) is 6.42 Å². The smallest absolute Gasteiger partial charge is 0.146 e. The second kappa shape index (κ2) is 5.78. The zero-order valence-electron chi connectivity index (χ0n) is 10.2. The van der Waals surface area contributed by atoms with Crippen LogP contribution in [0.4, 0.5) is 4.39 Å². The molecule has 1 heterocycles. The summed E-state index contributed by atoms with van der Waals surface area (Å²) in [5.41, 5.74) is 1.58. The third-order valence-corrected chi connectivity index (χ3v) is 4.03. The molecule has 0 aliphatic carbocycles. The van der Waals surface area contributed by atoms with Gasteiger partial charge in [0.05, 0.1) is 10.0 Å². The van der Waals surface area contributed by atoms with Crippen LogP contribution in [0.25, 0.3) is 0 Å². The minimum atomic E-state index is -0.355. The van der Waals surface area contributed by atoms with Crippen LogP contribution in [0.5, 0.6) is 0 Å². The zero-order chi connectivity index (χ0) is 13.1. The first-order chi connectivity index (χ1) is 8.61. The van der Waals surface area contributed by atoms with E-state index in [-0.39, 0.29) is 16.9 Å². The van der Waals surface area contributed by atoms with Crippen LogP contribution < -0.4 is 5.32 Å². The number of halogens is 2. The highest BCUT2D eigenvalue weighted by atomic mass is 35.5. The van der Waals surface area contributed by atoms with E-state index in [1.54, 1.807) is 29.5 Å². The Bertz CT molecular complexity index is 542. The van der Waals surface area contributed by atoms with Gasteiger partial charge in [-0.2, -0.15) is 0 Å². The van der Waals surface area contributed by atoms with Gasteiger partial charge in [0.25, 0.3) is 0 Å². The summed E-state index contributed by atoms with van der Waals surface area (Å²) in [5, 5.41) is 6.26. The van der Waals surface area contributed by atoms with Crippen LogP contribution in [0, 0.1) is 12.7 Å². The molecule has 0 radical (unpaired) electrons. The molecular formula is C13H14ClFN2S. The van der Waals surface area contributed by atoms with E-state index in [2.05, 4.69) is 10.3 Å². The molecule has 0 saturated heterocycles. The molecule has 0 aliphatic rings. The standard InChI is InChI=1S/C13H14ClFN2S/c1-8-7-18-12(17-8)6-11(16-2)9-4-3-5-10(14)13(9)15/h3-5,7,11,16H,6H2,1-2H3. The minimum absolute atomic E-state index is 0.116. The van der Waals surface area contributed by atoms with E-state index in [0.29, 0.717) is 12.0 Å². The van der Waals surface area contributed by atoms with Crippen LogP contribution in [0.2, 0.25) is 5.02 Å². The Morgan fingerprint density at radius 3 is 2.89 bits per heavy atom. The predicted molar refractivity (Wildman–Crippen MR) is 73.8 cm³/mol. The van der Waals surface area contributed by atoms with E-state index >= 15 is 0 Å². The second-order valence-corrected chi connectivity index (χ2v) is 5.42. The Morgan fingerprint density at radius 2 is 2.28 bits per heavy atom. The molecule has 2 rings (SSSR count). The second-order valence-electron chi connectivity index (χ2n) is 4.07. The summed E-state index contributed by atoms with van der Waals surface area (Å²) in [6.45, 7) is 1.95. The van der Waals surface area contributed by atoms with Gasteiger partial charge in [-0.05, 0) is 20.0 Å². The summed E-state index contributed by atoms with van der Waals surface area (Å²) < 4.78 is 14.0. The number of aryl methyl sites for hydroxylation is 1. The van der Waals surface area contributed by atoms with Crippen molar-refractivity contribution < 1.29 is 4.39 Å². The number of thiazole rings is 1. The summed E-state index contributed by atoms with van der Waals surface area (Å²) in [4.78, 5) is 4.40. The van der Waals surface area contributed by atoms with E-state index in [1.165, 1.54) is 0 Å². The van der Waals surface area contributed by atoms with E-state index in [4.69, 9.17) is 11.6 Å². The van der Waals surface area contributed by atoms with Crippen molar-refractivity contribution in [3.8, 4) is 0 Å². The number of benzene rings is 1. The Balaban J connectivity index is 2.25. The molecule has 0 aliphatic heterocycles. The quantitative estimate of drug-likeness (QED) is 0.925. The molecule has 1 aromatic carbocycles. The molecule has 0 bridgehead atoms. The fourth-order valence-corrected chi connectivity index (χ4v) is 2.83. The van der Waals surface area contributed by atoms with Crippen molar-refractivity contribution in [2.75, 3.05) is 7.05 Å². The first-order valence-electron chi connectivity index (χ1n) is 5.64. The highest BCUT2D eigenvalue weighted by Crippen LogP contribution is 2.26. The molecule has 1 atom stereocenters. The Kier molecular flexibility index (Phi) is 4.32. The Hall–Kier alpha value is -0.970. The highest BCUT2D eigenvalue weighted by Gasteiger charge is 2.17. The van der Waals surface area contributed by atoms with Gasteiger partial charge in [0.1, 0.15) is 5.82 Å². The summed E-state index contributed by atoms with van der Waals surface area (Å²) in [6.07, 6.45) is 0.659. The first-order valence-corrected chi connectivity index (χ1v) is 6.89. The molecule has 1 unspecified atom stereocenters. The van der Waals surface area contributed by atoms with Gasteiger partial charge in [-0.1, -0.05) is 23.7 Å². The van der Waals surface area contributed by atoms with Gasteiger partial charge < -0.3 is 5.32 Å². The van der Waals surface area contributed by atoms with Crippen molar-refractivity contribution in [3.63, 3.8) is 0 Å². The van der Waals surface area contributed by atoms with Gasteiger partial charge in [0.2, 0.25) is 0 Å². The van der Waals surface area contributed by atoms with Crippen LogP contribution in [0.3, 0.4) is 0 Å². The van der Waals surface area contributed by atoms with Crippen LogP contribution in [0.15, 0.2) is 23.6 Å². The van der Waals surface area contributed by atoms with Crippen molar-refractivity contribution in [1.29, 1.82) is 0 Å². The van der Waals surface area contributed by atoms with Gasteiger partial charge in [-0.3, -0.25) is 0 Å². The molecule has 0 spiro atoms. The van der Waals surface area contributed by atoms with Crippen LogP contribution in [-0.4, -0.2) is 12.0 Å². The Labute approximate surface area is 115 Å². The summed E-state index contributed by atoms with van der Waals surface area (Å²) >= 11 is 7.40. The molecule has 2 nitrogen and oxygen atoms in total. The van der Waals surface area contributed by atoms with E-state index in [0.717, 1.165) is 10.7 Å². The van der Waals surface area contributed by atoms with Crippen LogP contribution >= 0.6 is 22.9 Å². The van der Waals surface area contributed by atoms with Crippen molar-refractivity contribution >= 4 is 22.9 Å². The van der Waals surface area contributed by atoms with Gasteiger partial charge in [0.15, 0.2) is 0 Å². The molecule has 96 valence electrons. The number of aromatic nitrogens is 1. The lowest BCUT2D eigenvalue weighted by Crippen LogP contribution is -2.20. The SMILES string of the molecule is CNC(Cc1nc(C)cs1)c1cccc(Cl)c1F. The lowest BCUT2D eigenvalue weighted by Gasteiger charge is -2.16. The monoisotopic (exact) mass is 284 g/mol. The van der Waals surface area contributed by atoms with Gasteiger partial charge >= 0.3 is 0 Å². The molecular weight excluding hydrogens is 271 g/mol. The van der Waals surface area contributed by atoms with Crippen molar-refractivity contribution in [1.82, 2.24) is 10.3 Å². The molecule has 18 heavy (non-hydrogen) atoms. The van der Waals surface area contributed by atoms with Crippen molar-refractivity contribution in [2.24, 2.45) is 0 Å². The van der Waals surface area contributed by atoms with Gasteiger partial charge in [-0.15, -0.1) is 11.3 Å². The van der Waals surface area contributed by atoms with E-state index in [1.807, 2.05) is 19.4 Å². The third-order valence-electron chi connectivity index (χ3n) is 2.75. The zero-order valence-corrected chi connectivity index (χ0v) is 11.8. The number of nitrogens with one attached hydrogen (secondary N) is 1. The van der Waals surface area contributed by atoms with Crippen molar-refractivity contribution in [2.45, 2.75) is 19.4 Å². The highest BCUT2D eigenvalue weighted by molar-refractivity contribution is 7.09. The molecule has 0 fully saturated rings. The van der Waals surface area contributed by atoms with Crippen molar-refractivity contribution in [3.05, 3.63) is 50.7 Å². The first kappa shape index (κ1) is 13.5. The largest absolute Gasteiger partial charge is 0.313 e. The van der Waals surface area contributed by atoms with E-state index in [9.17, 15) is 4.39 Å². The summed E-state index contributed by atoms with van der Waals surface area (Å²) in [7, 11) is 1.81. The molecule has 0 amide bonds. The van der Waals surface area contributed by atoms with Gasteiger partial charge in [-0.25, -0.2) is 9.37 Å². The lowest BCUT2D eigenvalue weighted by atomic mass is 10.0. The predicted octanol–water partition coefficient (Wildman–Crippen LogP) is 3.75. The number of rotatable bonds is 4. The number of hydrogen-bond donors (Lipinski definition) is 1. The lowest BCUT2D eigenvalue weighted by molar-refractivity contribution is 0.533. The fourth-order valence-electron chi connectivity index (χ4n) is 1.83. The normalized spacial score (nSPS) is 12.7. The summed E-state index contributed by atoms with van der Waals surface area (Å²) in [6, 6.07) is 4.95. The van der Waals surface area contributed by atoms with Crippen LogP contribution in [0.1, 0.15) is 22.3 Å². The molecule has 1 N–H and O–H groups in total. The molecule has 2 aromatic rings. The number of nitrogens with zero attached hydrogens (tertiary/aromatic N) is 1. The third kappa shape index (κ3) is 2.88. The maximum absolute atomic E-state index is 14.0. The van der Waals surface area contributed by atoms with E-state index < -0.39 is 0 Å². The fraction of sp³-hybridized carbons (Fsp3) is 0.308. The maximum Gasteiger partial charge on any atom is 0.146 e. The number of hydrogen-bond acceptors (Lipinski definition) is 3. The topological polar surface area (TPSA) is 24.9 Å². The average Bonchev–Trinajstić information content (AvgIpc) is 2.76. The molecule has 0 saturated carbocycles. The minimum Gasteiger partial charge on any atom is -0.313 e. The molecule has 1 aromatic heterocycles. The summed E-state index contributed by atoms with van der Waals surface area (Å²) in [5.74, 6) is -0.355. The maximum atomic E-state index is 14.0. The number of likely N-dealkylation sites (N-methyl/N-ethyl adjacent to an activating group) is 1. The average molecular weight is 285 g/mol.